The van der Waals surface area contributed by atoms with Gasteiger partial charge in [0.05, 0.1) is 24.0 Å². The molecule has 2 heterocycles. The molecule has 0 saturated carbocycles. The molecule has 2 aliphatic rings. The molecule has 0 radical (unpaired) electrons. The van der Waals surface area contributed by atoms with E-state index in [4.69, 9.17) is 4.74 Å². The number of hydrogen-bond acceptors (Lipinski definition) is 5. The zero-order chi connectivity index (χ0) is 19.0. The Bertz CT molecular complexity index is 904. The van der Waals surface area contributed by atoms with Crippen LogP contribution in [0.2, 0.25) is 0 Å². The fourth-order valence-electron chi connectivity index (χ4n) is 3.73. The van der Waals surface area contributed by atoms with Crippen molar-refractivity contribution in [1.29, 1.82) is 0 Å². The number of hydrogen-bond donors (Lipinski definition) is 3. The highest BCUT2D eigenvalue weighted by Gasteiger charge is 2.45. The van der Waals surface area contributed by atoms with Crippen LogP contribution in [0.1, 0.15) is 23.2 Å². The lowest BCUT2D eigenvalue weighted by Gasteiger charge is -2.44. The van der Waals surface area contributed by atoms with Gasteiger partial charge in [-0.15, -0.1) is 0 Å². The van der Waals surface area contributed by atoms with Gasteiger partial charge in [-0.1, -0.05) is 18.2 Å². The van der Waals surface area contributed by atoms with E-state index in [1.807, 2.05) is 24.3 Å². The molecule has 3 N–H and O–H groups in total. The number of piperidine rings is 1. The van der Waals surface area contributed by atoms with Gasteiger partial charge in [0.15, 0.2) is 11.5 Å². The van der Waals surface area contributed by atoms with Gasteiger partial charge in [-0.2, -0.15) is 0 Å². The molecule has 0 bridgehead atoms. The SMILES string of the molecule is COc1cccc(C(=O)N2CCC3(CC2)Nc2ccccc2NC3=O)c1O. The second-order valence-corrected chi connectivity index (χ2v) is 6.86. The van der Waals surface area contributed by atoms with Gasteiger partial charge < -0.3 is 25.4 Å². The van der Waals surface area contributed by atoms with Crippen molar-refractivity contribution in [2.45, 2.75) is 18.4 Å². The molecule has 0 atom stereocenters. The van der Waals surface area contributed by atoms with Crippen molar-refractivity contribution in [2.24, 2.45) is 0 Å². The summed E-state index contributed by atoms with van der Waals surface area (Å²) in [5.41, 5.74) is 1.15. The molecule has 7 nitrogen and oxygen atoms in total. The van der Waals surface area contributed by atoms with Crippen LogP contribution in [0.5, 0.6) is 11.5 Å². The van der Waals surface area contributed by atoms with Gasteiger partial charge in [-0.3, -0.25) is 9.59 Å². The smallest absolute Gasteiger partial charge is 0.257 e. The number of anilines is 2. The van der Waals surface area contributed by atoms with E-state index in [1.54, 1.807) is 23.1 Å². The fraction of sp³-hybridized carbons (Fsp3) is 0.300. The second kappa shape index (κ2) is 6.50. The number of para-hydroxylation sites is 3. The summed E-state index contributed by atoms with van der Waals surface area (Å²) in [5.74, 6) is -0.234. The summed E-state index contributed by atoms with van der Waals surface area (Å²) in [6, 6.07) is 12.4. The molecule has 7 heteroatoms. The number of carbonyl (C=O) groups is 2. The maximum Gasteiger partial charge on any atom is 0.257 e. The number of phenolic OH excluding ortho intramolecular Hbond substituents is 1. The number of amides is 2. The lowest BCUT2D eigenvalue weighted by molar-refractivity contribution is -0.122. The molecular formula is C20H21N3O4. The Morgan fingerprint density at radius 1 is 1.11 bits per heavy atom. The number of carbonyl (C=O) groups excluding carboxylic acids is 2. The standard InChI is InChI=1S/C20H21N3O4/c1-27-16-8-4-5-13(17(16)24)18(25)23-11-9-20(10-12-23)19(26)21-14-6-2-3-7-15(14)22-20/h2-8,22,24H,9-12H2,1H3,(H,21,26). The Morgan fingerprint density at radius 2 is 1.81 bits per heavy atom. The van der Waals surface area contributed by atoms with Crippen molar-refractivity contribution in [2.75, 3.05) is 30.8 Å². The number of ether oxygens (including phenoxy) is 1. The van der Waals surface area contributed by atoms with Gasteiger partial charge in [-0.25, -0.2) is 0 Å². The molecule has 2 amide bonds. The number of phenols is 1. The number of nitrogens with one attached hydrogen (secondary N) is 2. The third-order valence-corrected chi connectivity index (χ3v) is 5.34. The van der Waals surface area contributed by atoms with Gasteiger partial charge >= 0.3 is 0 Å². The number of nitrogens with zero attached hydrogens (tertiary/aromatic N) is 1. The molecule has 0 aliphatic carbocycles. The highest BCUT2D eigenvalue weighted by Crippen LogP contribution is 2.37. The number of methoxy groups -OCH3 is 1. The summed E-state index contributed by atoms with van der Waals surface area (Å²) >= 11 is 0. The van der Waals surface area contributed by atoms with Gasteiger partial charge in [0, 0.05) is 13.1 Å². The van der Waals surface area contributed by atoms with E-state index < -0.39 is 5.54 Å². The third kappa shape index (κ3) is 2.85. The van der Waals surface area contributed by atoms with Crippen molar-refractivity contribution < 1.29 is 19.4 Å². The molecule has 2 aliphatic heterocycles. The highest BCUT2D eigenvalue weighted by molar-refractivity contribution is 6.06. The zero-order valence-corrected chi connectivity index (χ0v) is 15.0. The fourth-order valence-corrected chi connectivity index (χ4v) is 3.73. The first-order valence-corrected chi connectivity index (χ1v) is 8.88. The Labute approximate surface area is 156 Å². The maximum atomic E-state index is 12.8. The highest BCUT2D eigenvalue weighted by atomic mass is 16.5. The van der Waals surface area contributed by atoms with Crippen LogP contribution in [0.4, 0.5) is 11.4 Å². The first-order valence-electron chi connectivity index (χ1n) is 8.88. The van der Waals surface area contributed by atoms with E-state index in [1.165, 1.54) is 7.11 Å². The minimum Gasteiger partial charge on any atom is -0.504 e. The van der Waals surface area contributed by atoms with E-state index in [0.717, 1.165) is 11.4 Å². The molecule has 0 unspecified atom stereocenters. The van der Waals surface area contributed by atoms with E-state index >= 15 is 0 Å². The molecular weight excluding hydrogens is 346 g/mol. The summed E-state index contributed by atoms with van der Waals surface area (Å²) in [6.45, 7) is 0.830. The molecule has 0 aromatic heterocycles. The largest absolute Gasteiger partial charge is 0.504 e. The molecule has 2 aromatic rings. The average Bonchev–Trinajstić information content (AvgIpc) is 2.69. The van der Waals surface area contributed by atoms with Crippen LogP contribution >= 0.6 is 0 Å². The number of rotatable bonds is 2. The van der Waals surface area contributed by atoms with Gasteiger partial charge in [0.25, 0.3) is 5.91 Å². The lowest BCUT2D eigenvalue weighted by Crippen LogP contribution is -2.59. The summed E-state index contributed by atoms with van der Waals surface area (Å²) in [7, 11) is 1.44. The van der Waals surface area contributed by atoms with Crippen molar-refractivity contribution in [3.05, 3.63) is 48.0 Å². The molecule has 2 aromatic carbocycles. The van der Waals surface area contributed by atoms with Gasteiger partial charge in [0.1, 0.15) is 5.54 Å². The zero-order valence-electron chi connectivity index (χ0n) is 15.0. The normalized spacial score (nSPS) is 17.7. The third-order valence-electron chi connectivity index (χ3n) is 5.34. The van der Waals surface area contributed by atoms with E-state index in [-0.39, 0.29) is 28.9 Å². The van der Waals surface area contributed by atoms with E-state index in [9.17, 15) is 14.7 Å². The minimum absolute atomic E-state index is 0.0717. The van der Waals surface area contributed by atoms with Crippen LogP contribution in [0.25, 0.3) is 0 Å². The van der Waals surface area contributed by atoms with Gasteiger partial charge in [0.2, 0.25) is 5.91 Å². The molecule has 27 heavy (non-hydrogen) atoms. The van der Waals surface area contributed by atoms with Crippen molar-refractivity contribution >= 4 is 23.2 Å². The van der Waals surface area contributed by atoms with Crippen molar-refractivity contribution in [3.8, 4) is 11.5 Å². The average molecular weight is 367 g/mol. The first kappa shape index (κ1) is 17.2. The molecule has 140 valence electrons. The van der Waals surface area contributed by atoms with Crippen molar-refractivity contribution in [1.82, 2.24) is 4.90 Å². The van der Waals surface area contributed by atoms with Crippen LogP contribution in [0.3, 0.4) is 0 Å². The Hall–Kier alpha value is -3.22. The summed E-state index contributed by atoms with van der Waals surface area (Å²) in [5, 5.41) is 16.6. The summed E-state index contributed by atoms with van der Waals surface area (Å²) in [6.07, 6.45) is 0.979. The van der Waals surface area contributed by atoms with Crippen LogP contribution in [0, 0.1) is 0 Å². The number of likely N-dealkylation sites (tertiary alicyclic amines) is 1. The molecule has 1 spiro atoms. The summed E-state index contributed by atoms with van der Waals surface area (Å²) in [4.78, 5) is 27.2. The molecule has 4 rings (SSSR count). The predicted octanol–water partition coefficient (Wildman–Crippen LogP) is 2.44. The van der Waals surface area contributed by atoms with E-state index in [2.05, 4.69) is 10.6 Å². The number of fused-ring (bicyclic) bond motifs is 1. The number of benzene rings is 2. The molecule has 1 saturated heterocycles. The molecule has 1 fully saturated rings. The quantitative estimate of drug-likeness (QED) is 0.758. The minimum atomic E-state index is -0.721. The monoisotopic (exact) mass is 367 g/mol. The Kier molecular flexibility index (Phi) is 4.14. The van der Waals surface area contributed by atoms with Crippen LogP contribution in [-0.4, -0.2) is 47.6 Å². The second-order valence-electron chi connectivity index (χ2n) is 6.86. The predicted molar refractivity (Wildman–Crippen MR) is 101 cm³/mol. The van der Waals surface area contributed by atoms with Crippen LogP contribution < -0.4 is 15.4 Å². The lowest BCUT2D eigenvalue weighted by atomic mass is 9.84. The topological polar surface area (TPSA) is 90.9 Å². The Balaban J connectivity index is 1.51. The maximum absolute atomic E-state index is 12.8. The van der Waals surface area contributed by atoms with Crippen LogP contribution in [0.15, 0.2) is 42.5 Å². The summed E-state index contributed by atoms with van der Waals surface area (Å²) < 4.78 is 5.08. The first-order chi connectivity index (χ1) is 13.0. The van der Waals surface area contributed by atoms with Gasteiger partial charge in [-0.05, 0) is 37.1 Å². The van der Waals surface area contributed by atoms with E-state index in [0.29, 0.717) is 25.9 Å². The van der Waals surface area contributed by atoms with Crippen LogP contribution in [-0.2, 0) is 4.79 Å². The number of aromatic hydroxyl groups is 1. The van der Waals surface area contributed by atoms with Crippen molar-refractivity contribution in [3.63, 3.8) is 0 Å². The Morgan fingerprint density at radius 3 is 2.52 bits per heavy atom.